The van der Waals surface area contributed by atoms with Crippen LogP contribution >= 0.6 is 11.3 Å². The molecular formula is C11H11N3O4S. The topological polar surface area (TPSA) is 96.5 Å². The molecule has 0 saturated carbocycles. The van der Waals surface area contributed by atoms with E-state index in [1.807, 2.05) is 12.3 Å². The first-order valence-corrected chi connectivity index (χ1v) is 6.22. The number of nitrogens with zero attached hydrogens (tertiary/aromatic N) is 3. The maximum absolute atomic E-state index is 12.0. The first-order chi connectivity index (χ1) is 8.97. The lowest BCUT2D eigenvalue weighted by Crippen LogP contribution is -2.26. The molecular weight excluding hydrogens is 270 g/mol. The van der Waals surface area contributed by atoms with E-state index in [0.717, 1.165) is 16.8 Å². The molecule has 0 fully saturated rings. The highest BCUT2D eigenvalue weighted by Gasteiger charge is 2.20. The SMILES string of the molecule is Cc1nc(CN(C)C(=O)c2cc(C(=O)O)on2)cs1. The lowest BCUT2D eigenvalue weighted by atomic mass is 10.3. The molecule has 0 spiro atoms. The summed E-state index contributed by atoms with van der Waals surface area (Å²) in [6.45, 7) is 2.21. The smallest absolute Gasteiger partial charge is 0.374 e. The molecule has 2 aromatic heterocycles. The van der Waals surface area contributed by atoms with Crippen LogP contribution in [0.1, 0.15) is 31.7 Å². The second kappa shape index (κ2) is 5.19. The lowest BCUT2D eigenvalue weighted by Gasteiger charge is -2.13. The van der Waals surface area contributed by atoms with Gasteiger partial charge in [-0.15, -0.1) is 11.3 Å². The summed E-state index contributed by atoms with van der Waals surface area (Å²) in [7, 11) is 1.59. The van der Waals surface area contributed by atoms with E-state index in [2.05, 4.69) is 14.7 Å². The van der Waals surface area contributed by atoms with Gasteiger partial charge in [0.1, 0.15) is 0 Å². The van der Waals surface area contributed by atoms with Crippen molar-refractivity contribution in [3.05, 3.63) is 33.6 Å². The Labute approximate surface area is 112 Å². The highest BCUT2D eigenvalue weighted by molar-refractivity contribution is 7.09. The molecule has 2 heterocycles. The molecule has 1 amide bonds. The summed E-state index contributed by atoms with van der Waals surface area (Å²) in [4.78, 5) is 28.3. The molecule has 1 N–H and O–H groups in total. The number of rotatable bonds is 4. The van der Waals surface area contributed by atoms with Crippen LogP contribution in [0.2, 0.25) is 0 Å². The third kappa shape index (κ3) is 2.97. The van der Waals surface area contributed by atoms with Crippen molar-refractivity contribution in [1.82, 2.24) is 15.0 Å². The number of aromatic carboxylic acids is 1. The summed E-state index contributed by atoms with van der Waals surface area (Å²) in [5.41, 5.74) is 0.743. The van der Waals surface area contributed by atoms with Crippen LogP contribution in [-0.4, -0.2) is 39.1 Å². The lowest BCUT2D eigenvalue weighted by molar-refractivity contribution is 0.0649. The number of carbonyl (C=O) groups excluding carboxylic acids is 1. The van der Waals surface area contributed by atoms with E-state index in [4.69, 9.17) is 5.11 Å². The molecule has 0 radical (unpaired) electrons. The largest absolute Gasteiger partial charge is 0.475 e. The second-order valence-electron chi connectivity index (χ2n) is 3.90. The van der Waals surface area contributed by atoms with Crippen molar-refractivity contribution in [2.24, 2.45) is 0 Å². The number of hydrogen-bond acceptors (Lipinski definition) is 6. The number of thiazole rings is 1. The summed E-state index contributed by atoms with van der Waals surface area (Å²) in [5.74, 6) is -2.03. The molecule has 19 heavy (non-hydrogen) atoms. The number of hydrogen-bond donors (Lipinski definition) is 1. The molecule has 0 aliphatic carbocycles. The van der Waals surface area contributed by atoms with Gasteiger partial charge in [0, 0.05) is 18.5 Å². The Kier molecular flexibility index (Phi) is 3.61. The summed E-state index contributed by atoms with van der Waals surface area (Å²) < 4.78 is 4.54. The number of aryl methyl sites for hydroxylation is 1. The predicted molar refractivity (Wildman–Crippen MR) is 66.1 cm³/mol. The van der Waals surface area contributed by atoms with Gasteiger partial charge in [-0.2, -0.15) is 0 Å². The van der Waals surface area contributed by atoms with E-state index >= 15 is 0 Å². The third-order valence-corrected chi connectivity index (χ3v) is 3.17. The van der Waals surface area contributed by atoms with Gasteiger partial charge in [-0.1, -0.05) is 5.16 Å². The third-order valence-electron chi connectivity index (χ3n) is 2.35. The molecule has 0 aromatic carbocycles. The minimum Gasteiger partial charge on any atom is -0.475 e. The maximum Gasteiger partial charge on any atom is 0.374 e. The molecule has 0 saturated heterocycles. The summed E-state index contributed by atoms with van der Waals surface area (Å²) in [6.07, 6.45) is 0. The van der Waals surface area contributed by atoms with Crippen LogP contribution in [0.3, 0.4) is 0 Å². The van der Waals surface area contributed by atoms with Crippen LogP contribution in [0.15, 0.2) is 16.0 Å². The van der Waals surface area contributed by atoms with Gasteiger partial charge in [0.25, 0.3) is 5.91 Å². The van der Waals surface area contributed by atoms with Gasteiger partial charge in [-0.25, -0.2) is 9.78 Å². The number of amides is 1. The highest BCUT2D eigenvalue weighted by atomic mass is 32.1. The van der Waals surface area contributed by atoms with E-state index in [9.17, 15) is 9.59 Å². The Hall–Kier alpha value is -2.22. The average molecular weight is 281 g/mol. The fraction of sp³-hybridized carbons (Fsp3) is 0.273. The van der Waals surface area contributed by atoms with Crippen molar-refractivity contribution in [3.8, 4) is 0 Å². The Morgan fingerprint density at radius 1 is 1.53 bits per heavy atom. The quantitative estimate of drug-likeness (QED) is 0.910. The Balaban J connectivity index is 2.07. The standard InChI is InChI=1S/C11H11N3O4S/c1-6-12-7(5-19-6)4-14(2)10(15)8-3-9(11(16)17)18-13-8/h3,5H,4H2,1-2H3,(H,16,17). The second-order valence-corrected chi connectivity index (χ2v) is 4.96. The Morgan fingerprint density at radius 3 is 2.79 bits per heavy atom. The molecule has 0 bridgehead atoms. The predicted octanol–water partition coefficient (Wildman–Crippen LogP) is 1.41. The minimum absolute atomic E-state index is 0.0353. The summed E-state index contributed by atoms with van der Waals surface area (Å²) >= 11 is 1.50. The van der Waals surface area contributed by atoms with Crippen LogP contribution in [0.5, 0.6) is 0 Å². The van der Waals surface area contributed by atoms with Gasteiger partial charge in [0.15, 0.2) is 5.69 Å². The summed E-state index contributed by atoms with van der Waals surface area (Å²) in [6, 6.07) is 1.10. The highest BCUT2D eigenvalue weighted by Crippen LogP contribution is 2.12. The minimum atomic E-state index is -1.26. The van der Waals surface area contributed by atoms with E-state index in [-0.39, 0.29) is 11.5 Å². The fourth-order valence-corrected chi connectivity index (χ4v) is 2.07. The van der Waals surface area contributed by atoms with Crippen LogP contribution in [0.4, 0.5) is 0 Å². The number of carboxylic acid groups (broad SMARTS) is 1. The number of carbonyl (C=O) groups is 2. The van der Waals surface area contributed by atoms with Crippen LogP contribution in [0, 0.1) is 6.92 Å². The molecule has 8 heteroatoms. The van der Waals surface area contributed by atoms with Crippen molar-refractivity contribution < 1.29 is 19.2 Å². The molecule has 100 valence electrons. The fourth-order valence-electron chi connectivity index (χ4n) is 1.47. The van der Waals surface area contributed by atoms with Crippen molar-refractivity contribution in [3.63, 3.8) is 0 Å². The monoisotopic (exact) mass is 281 g/mol. The molecule has 0 unspecified atom stereocenters. The van der Waals surface area contributed by atoms with E-state index in [1.54, 1.807) is 7.05 Å². The van der Waals surface area contributed by atoms with Gasteiger partial charge in [0.2, 0.25) is 5.76 Å². The van der Waals surface area contributed by atoms with Crippen molar-refractivity contribution in [1.29, 1.82) is 0 Å². The molecule has 7 nitrogen and oxygen atoms in total. The zero-order valence-electron chi connectivity index (χ0n) is 10.3. The van der Waals surface area contributed by atoms with Gasteiger partial charge in [0.05, 0.1) is 17.2 Å². The van der Waals surface area contributed by atoms with Crippen molar-refractivity contribution >= 4 is 23.2 Å². The van der Waals surface area contributed by atoms with Gasteiger partial charge in [-0.05, 0) is 6.92 Å². The Bertz CT molecular complexity index is 619. The number of aromatic nitrogens is 2. The molecule has 2 rings (SSSR count). The first-order valence-electron chi connectivity index (χ1n) is 5.34. The average Bonchev–Trinajstić information content (AvgIpc) is 2.97. The normalized spacial score (nSPS) is 10.4. The van der Waals surface area contributed by atoms with Gasteiger partial charge >= 0.3 is 5.97 Å². The van der Waals surface area contributed by atoms with Crippen LogP contribution in [-0.2, 0) is 6.54 Å². The van der Waals surface area contributed by atoms with Crippen molar-refractivity contribution in [2.75, 3.05) is 7.05 Å². The molecule has 0 aliphatic rings. The van der Waals surface area contributed by atoms with E-state index in [1.165, 1.54) is 16.2 Å². The Morgan fingerprint density at radius 2 is 2.26 bits per heavy atom. The molecule has 0 aliphatic heterocycles. The van der Waals surface area contributed by atoms with Gasteiger partial charge < -0.3 is 14.5 Å². The van der Waals surface area contributed by atoms with E-state index < -0.39 is 11.9 Å². The molecule has 0 atom stereocenters. The van der Waals surface area contributed by atoms with Crippen LogP contribution < -0.4 is 0 Å². The van der Waals surface area contributed by atoms with E-state index in [0.29, 0.717) is 6.54 Å². The zero-order valence-corrected chi connectivity index (χ0v) is 11.1. The van der Waals surface area contributed by atoms with Gasteiger partial charge in [-0.3, -0.25) is 4.79 Å². The maximum atomic E-state index is 12.0. The first kappa shape index (κ1) is 13.2. The molecule has 2 aromatic rings. The summed E-state index contributed by atoms with van der Waals surface area (Å²) in [5, 5.41) is 14.9. The van der Waals surface area contributed by atoms with Crippen LogP contribution in [0.25, 0.3) is 0 Å². The zero-order chi connectivity index (χ0) is 14.0. The van der Waals surface area contributed by atoms with Crippen molar-refractivity contribution in [2.45, 2.75) is 13.5 Å². The number of carboxylic acids is 1.